The molecular weight excluding hydrogens is 412 g/mol. The van der Waals surface area contributed by atoms with Crippen LogP contribution in [0.5, 0.6) is 0 Å². The van der Waals surface area contributed by atoms with Gasteiger partial charge in [0.05, 0.1) is 6.04 Å². The number of carbonyl (C=O) groups is 3. The standard InChI is InChI=1S/C24H26N2O6/c27-21(28)10-5-12-25-23(29)22-20(11-13-31-22)26-24(30)32-14-19-17-8-3-1-6-15(17)16-7-2-4-9-18(16)19/h1-4,6-9,19-20,22H,5,10-14H2,(H,25,29)(H,26,30)(H,27,28)/t20-,22+/m0/s1. The van der Waals surface area contributed by atoms with Gasteiger partial charge in [-0.2, -0.15) is 0 Å². The van der Waals surface area contributed by atoms with Crippen molar-refractivity contribution in [2.75, 3.05) is 19.8 Å². The first-order valence-corrected chi connectivity index (χ1v) is 10.8. The second kappa shape index (κ2) is 9.82. The molecule has 1 heterocycles. The monoisotopic (exact) mass is 438 g/mol. The Labute approximate surface area is 185 Å². The van der Waals surface area contributed by atoms with E-state index in [4.69, 9.17) is 14.6 Å². The topological polar surface area (TPSA) is 114 Å². The minimum Gasteiger partial charge on any atom is -0.481 e. The Morgan fingerprint density at radius 3 is 2.34 bits per heavy atom. The summed E-state index contributed by atoms with van der Waals surface area (Å²) < 4.78 is 11.0. The predicted molar refractivity (Wildman–Crippen MR) is 116 cm³/mol. The van der Waals surface area contributed by atoms with Crippen LogP contribution in [0.15, 0.2) is 48.5 Å². The quantitative estimate of drug-likeness (QED) is 0.546. The van der Waals surface area contributed by atoms with Gasteiger partial charge in [-0.3, -0.25) is 9.59 Å². The fraction of sp³-hybridized carbons (Fsp3) is 0.375. The number of carbonyl (C=O) groups excluding carboxylic acids is 2. The van der Waals surface area contributed by atoms with Gasteiger partial charge in [-0.25, -0.2) is 4.79 Å². The Morgan fingerprint density at radius 2 is 1.69 bits per heavy atom. The van der Waals surface area contributed by atoms with Crippen molar-refractivity contribution in [2.45, 2.75) is 37.3 Å². The van der Waals surface area contributed by atoms with Crippen molar-refractivity contribution in [1.29, 1.82) is 0 Å². The third-order valence-electron chi connectivity index (χ3n) is 5.86. The minimum absolute atomic E-state index is 0.0206. The lowest BCUT2D eigenvalue weighted by Gasteiger charge is -2.20. The van der Waals surface area contributed by atoms with Gasteiger partial charge in [0, 0.05) is 25.5 Å². The van der Waals surface area contributed by atoms with Gasteiger partial charge >= 0.3 is 12.1 Å². The highest BCUT2D eigenvalue weighted by Gasteiger charge is 2.36. The molecule has 32 heavy (non-hydrogen) atoms. The number of fused-ring (bicyclic) bond motifs is 3. The summed E-state index contributed by atoms with van der Waals surface area (Å²) in [5.41, 5.74) is 4.57. The molecule has 1 aliphatic carbocycles. The number of aliphatic carboxylic acids is 1. The van der Waals surface area contributed by atoms with Crippen LogP contribution in [-0.2, 0) is 19.1 Å². The van der Waals surface area contributed by atoms with E-state index in [1.807, 2.05) is 24.3 Å². The maximum Gasteiger partial charge on any atom is 0.407 e. The zero-order chi connectivity index (χ0) is 22.5. The number of hydrogen-bond acceptors (Lipinski definition) is 5. The van der Waals surface area contributed by atoms with Crippen LogP contribution in [0, 0.1) is 0 Å². The van der Waals surface area contributed by atoms with Gasteiger partial charge in [0.1, 0.15) is 6.61 Å². The van der Waals surface area contributed by atoms with Crippen LogP contribution in [0.25, 0.3) is 11.1 Å². The molecule has 2 atom stereocenters. The lowest BCUT2D eigenvalue weighted by Crippen LogP contribution is -2.48. The van der Waals surface area contributed by atoms with E-state index in [0.29, 0.717) is 19.4 Å². The smallest absolute Gasteiger partial charge is 0.407 e. The Morgan fingerprint density at radius 1 is 1.03 bits per heavy atom. The molecule has 2 aromatic carbocycles. The Balaban J connectivity index is 1.31. The first kappa shape index (κ1) is 21.8. The summed E-state index contributed by atoms with van der Waals surface area (Å²) in [7, 11) is 0. The number of alkyl carbamates (subject to hydrolysis) is 1. The van der Waals surface area contributed by atoms with Gasteiger partial charge in [-0.05, 0) is 35.1 Å². The molecule has 8 heteroatoms. The van der Waals surface area contributed by atoms with Crippen LogP contribution < -0.4 is 10.6 Å². The Hall–Kier alpha value is -3.39. The molecule has 0 unspecified atom stereocenters. The summed E-state index contributed by atoms with van der Waals surface area (Å²) in [6.45, 7) is 0.781. The zero-order valence-electron chi connectivity index (χ0n) is 17.6. The Kier molecular flexibility index (Phi) is 6.70. The number of rotatable bonds is 8. The average molecular weight is 438 g/mol. The number of nitrogens with one attached hydrogen (secondary N) is 2. The van der Waals surface area contributed by atoms with Gasteiger partial charge in [0.15, 0.2) is 6.10 Å². The third kappa shape index (κ3) is 4.75. The summed E-state index contributed by atoms with van der Waals surface area (Å²) in [5, 5.41) is 14.1. The van der Waals surface area contributed by atoms with Crippen LogP contribution in [0.4, 0.5) is 4.79 Å². The van der Waals surface area contributed by atoms with Crippen LogP contribution in [0.2, 0.25) is 0 Å². The summed E-state index contributed by atoms with van der Waals surface area (Å²) in [4.78, 5) is 35.4. The van der Waals surface area contributed by atoms with E-state index in [0.717, 1.165) is 22.3 Å². The molecule has 1 aliphatic heterocycles. The lowest BCUT2D eigenvalue weighted by atomic mass is 9.98. The second-order valence-electron chi connectivity index (χ2n) is 7.94. The number of amides is 2. The molecule has 168 valence electrons. The molecule has 0 saturated carbocycles. The molecule has 2 amide bonds. The van der Waals surface area contributed by atoms with Crippen molar-refractivity contribution in [3.8, 4) is 11.1 Å². The summed E-state index contributed by atoms with van der Waals surface area (Å²) in [6, 6.07) is 15.7. The summed E-state index contributed by atoms with van der Waals surface area (Å²) in [5.74, 6) is -1.32. The highest BCUT2D eigenvalue weighted by molar-refractivity contribution is 5.83. The normalized spacial score (nSPS) is 19.1. The first-order valence-electron chi connectivity index (χ1n) is 10.8. The summed E-state index contributed by atoms with van der Waals surface area (Å²) >= 11 is 0. The molecular formula is C24H26N2O6. The molecule has 0 aromatic heterocycles. The molecule has 0 spiro atoms. The van der Waals surface area contributed by atoms with E-state index >= 15 is 0 Å². The minimum atomic E-state index is -0.911. The molecule has 2 aromatic rings. The fourth-order valence-corrected chi connectivity index (χ4v) is 4.34. The van der Waals surface area contributed by atoms with Gasteiger partial charge < -0.3 is 25.2 Å². The molecule has 3 N–H and O–H groups in total. The number of ether oxygens (including phenoxy) is 2. The van der Waals surface area contributed by atoms with Gasteiger partial charge in [-0.15, -0.1) is 0 Å². The molecule has 0 bridgehead atoms. The van der Waals surface area contributed by atoms with E-state index < -0.39 is 24.2 Å². The van der Waals surface area contributed by atoms with Gasteiger partial charge in [-0.1, -0.05) is 48.5 Å². The highest BCUT2D eigenvalue weighted by Crippen LogP contribution is 2.44. The number of benzene rings is 2. The van der Waals surface area contributed by atoms with Crippen molar-refractivity contribution in [2.24, 2.45) is 0 Å². The average Bonchev–Trinajstić information content (AvgIpc) is 3.37. The molecule has 1 fully saturated rings. The van der Waals surface area contributed by atoms with Crippen LogP contribution in [0.1, 0.15) is 36.3 Å². The molecule has 1 saturated heterocycles. The fourth-order valence-electron chi connectivity index (χ4n) is 4.34. The van der Waals surface area contributed by atoms with Crippen LogP contribution >= 0.6 is 0 Å². The first-order chi connectivity index (χ1) is 15.5. The van der Waals surface area contributed by atoms with Crippen LogP contribution in [0.3, 0.4) is 0 Å². The van der Waals surface area contributed by atoms with E-state index in [1.165, 1.54) is 0 Å². The van der Waals surface area contributed by atoms with Crippen molar-refractivity contribution in [1.82, 2.24) is 10.6 Å². The van der Waals surface area contributed by atoms with Crippen molar-refractivity contribution in [3.05, 3.63) is 59.7 Å². The zero-order valence-corrected chi connectivity index (χ0v) is 17.6. The number of carboxylic acid groups (broad SMARTS) is 1. The lowest BCUT2D eigenvalue weighted by molar-refractivity contribution is -0.137. The second-order valence-corrected chi connectivity index (χ2v) is 7.94. The van der Waals surface area contributed by atoms with E-state index in [1.54, 1.807) is 0 Å². The third-order valence-corrected chi connectivity index (χ3v) is 5.86. The Bertz CT molecular complexity index is 962. The largest absolute Gasteiger partial charge is 0.481 e. The highest BCUT2D eigenvalue weighted by atomic mass is 16.6. The van der Waals surface area contributed by atoms with E-state index in [-0.39, 0.29) is 31.4 Å². The maximum atomic E-state index is 12.5. The van der Waals surface area contributed by atoms with Crippen molar-refractivity contribution >= 4 is 18.0 Å². The van der Waals surface area contributed by atoms with E-state index in [9.17, 15) is 14.4 Å². The molecule has 2 aliphatic rings. The van der Waals surface area contributed by atoms with Gasteiger partial charge in [0.2, 0.25) is 0 Å². The summed E-state index contributed by atoms with van der Waals surface area (Å²) in [6.07, 6.45) is -0.602. The molecule has 4 rings (SSSR count). The molecule has 8 nitrogen and oxygen atoms in total. The number of carboxylic acids is 1. The number of hydrogen-bond donors (Lipinski definition) is 3. The van der Waals surface area contributed by atoms with Crippen molar-refractivity contribution in [3.63, 3.8) is 0 Å². The predicted octanol–water partition coefficient (Wildman–Crippen LogP) is 2.66. The van der Waals surface area contributed by atoms with E-state index in [2.05, 4.69) is 34.9 Å². The van der Waals surface area contributed by atoms with Crippen molar-refractivity contribution < 1.29 is 29.0 Å². The maximum absolute atomic E-state index is 12.5. The SMILES string of the molecule is O=C(O)CCCNC(=O)[C@@H]1OCC[C@@H]1NC(=O)OCC1c2ccccc2-c2ccccc21. The van der Waals surface area contributed by atoms with Crippen LogP contribution in [-0.4, -0.2) is 55.0 Å². The molecule has 0 radical (unpaired) electrons. The van der Waals surface area contributed by atoms with Gasteiger partial charge in [0.25, 0.3) is 5.91 Å².